The van der Waals surface area contributed by atoms with Crippen molar-refractivity contribution in [2.24, 2.45) is 0 Å². The maximum atomic E-state index is 7.60. The maximum absolute atomic E-state index is 7.60. The van der Waals surface area contributed by atoms with E-state index in [1.807, 2.05) is 0 Å². The quantitative estimate of drug-likeness (QED) is 0.222. The minimum atomic E-state index is -2.55. The molecular weight excluding hydrogens is 497 g/mol. The van der Waals surface area contributed by atoms with Gasteiger partial charge in [-0.3, -0.25) is 0 Å². The van der Waals surface area contributed by atoms with Crippen LogP contribution < -0.4 is 5.19 Å². The van der Waals surface area contributed by atoms with Crippen molar-refractivity contribution in [2.75, 3.05) is 0 Å². The lowest BCUT2D eigenvalue weighted by molar-refractivity contribution is -0.00689. The summed E-state index contributed by atoms with van der Waals surface area (Å²) in [4.78, 5) is 0. The molecule has 0 saturated heterocycles. The lowest BCUT2D eigenvalue weighted by Crippen LogP contribution is -2.70. The Kier molecular flexibility index (Phi) is 11.1. The molecule has 204 valence electrons. The van der Waals surface area contributed by atoms with Crippen molar-refractivity contribution in [1.29, 1.82) is 0 Å². The van der Waals surface area contributed by atoms with E-state index in [-0.39, 0.29) is 21.1 Å². The highest BCUT2D eigenvalue weighted by atomic mass is 28.4. The summed E-state index contributed by atoms with van der Waals surface area (Å²) in [7, 11) is -7.10. The van der Waals surface area contributed by atoms with Crippen molar-refractivity contribution in [3.05, 3.63) is 30.3 Å². The topological polar surface area (TPSA) is 27.7 Å². The van der Waals surface area contributed by atoms with E-state index in [0.29, 0.717) is 0 Å². The molecular formula is C28H58O3Si4. The highest BCUT2D eigenvalue weighted by molar-refractivity contribution is 6.89. The molecule has 0 radical (unpaired) electrons. The minimum Gasteiger partial charge on any atom is -0.416 e. The molecule has 1 rings (SSSR count). The van der Waals surface area contributed by atoms with E-state index >= 15 is 0 Å². The summed E-state index contributed by atoms with van der Waals surface area (Å²) in [6.07, 6.45) is 3.01. The van der Waals surface area contributed by atoms with E-state index < -0.39 is 34.5 Å². The summed E-state index contributed by atoms with van der Waals surface area (Å²) in [6, 6.07) is 11.1. The Bertz CT molecular complexity index is 801. The normalized spacial score (nSPS) is 20.3. The maximum Gasteiger partial charge on any atom is 0.230 e. The number of rotatable bonds is 14. The van der Waals surface area contributed by atoms with E-state index in [9.17, 15) is 0 Å². The molecule has 0 aliphatic carbocycles. The van der Waals surface area contributed by atoms with Gasteiger partial charge >= 0.3 is 0 Å². The van der Waals surface area contributed by atoms with Crippen molar-refractivity contribution < 1.29 is 13.3 Å². The summed E-state index contributed by atoms with van der Waals surface area (Å²) >= 11 is 0. The first-order valence-corrected chi connectivity index (χ1v) is 24.9. The van der Waals surface area contributed by atoms with Crippen LogP contribution in [0.1, 0.15) is 74.7 Å². The Morgan fingerprint density at radius 3 is 1.63 bits per heavy atom. The van der Waals surface area contributed by atoms with Gasteiger partial charge in [-0.05, 0) is 84.9 Å². The van der Waals surface area contributed by atoms with Crippen LogP contribution in [0.3, 0.4) is 0 Å². The number of hydrogen-bond acceptors (Lipinski definition) is 3. The molecule has 0 aromatic heterocycles. The Balaban J connectivity index is 3.80. The largest absolute Gasteiger partial charge is 0.416 e. The predicted molar refractivity (Wildman–Crippen MR) is 166 cm³/mol. The van der Waals surface area contributed by atoms with Gasteiger partial charge in [0.25, 0.3) is 0 Å². The molecule has 0 aliphatic rings. The molecule has 1 aromatic rings. The minimum absolute atomic E-state index is 0.0551. The second-order valence-corrected chi connectivity index (χ2v) is 27.1. The molecule has 0 fully saturated rings. The third kappa shape index (κ3) is 6.52. The molecule has 0 heterocycles. The van der Waals surface area contributed by atoms with E-state index in [2.05, 4.69) is 132 Å². The second kappa shape index (κ2) is 11.8. The zero-order valence-electron chi connectivity index (χ0n) is 25.9. The van der Waals surface area contributed by atoms with Crippen LogP contribution in [0.15, 0.2) is 30.3 Å². The average molecular weight is 555 g/mol. The van der Waals surface area contributed by atoms with Gasteiger partial charge in [0.2, 0.25) is 16.6 Å². The van der Waals surface area contributed by atoms with Gasteiger partial charge in [0, 0.05) is 10.3 Å². The van der Waals surface area contributed by atoms with Crippen LogP contribution in [-0.2, 0) is 13.3 Å². The zero-order valence-corrected chi connectivity index (χ0v) is 30.2. The summed E-state index contributed by atoms with van der Waals surface area (Å²) < 4.78 is 21.7. The van der Waals surface area contributed by atoms with Gasteiger partial charge in [-0.1, -0.05) is 71.1 Å². The van der Waals surface area contributed by atoms with Crippen LogP contribution in [-0.4, -0.2) is 50.5 Å². The molecule has 4 unspecified atom stereocenters. The Morgan fingerprint density at radius 1 is 0.743 bits per heavy atom. The first-order chi connectivity index (χ1) is 15.8. The molecule has 35 heavy (non-hydrogen) atoms. The van der Waals surface area contributed by atoms with Crippen LogP contribution in [0.2, 0.25) is 50.9 Å². The summed E-state index contributed by atoms with van der Waals surface area (Å²) in [5.74, 6) is 0. The van der Waals surface area contributed by atoms with Crippen LogP contribution in [0.5, 0.6) is 0 Å². The van der Waals surface area contributed by atoms with Crippen LogP contribution in [0.25, 0.3) is 0 Å². The monoisotopic (exact) mass is 554 g/mol. The Labute approximate surface area is 224 Å². The van der Waals surface area contributed by atoms with Gasteiger partial charge in [0.05, 0.1) is 19.6 Å². The molecule has 0 aliphatic heterocycles. The molecule has 0 N–H and O–H groups in total. The lowest BCUT2D eigenvalue weighted by Gasteiger charge is -2.59. The molecule has 1 aromatic carbocycles. The Hall–Kier alpha value is -0.0325. The van der Waals surface area contributed by atoms with E-state index in [1.165, 1.54) is 5.19 Å². The standard InChI is InChI=1S/C28H58O3Si4/c1-16-26(6,30-34(13,14)25(4,5)29-33(11)12)27(7,17-2)35(15,24-22-20-19-21-23-24)31-28(8,18-3)32(9)10/h19-23,32-33H,16-18H2,1-15H3. The van der Waals surface area contributed by atoms with Crippen LogP contribution in [0, 0.1) is 0 Å². The van der Waals surface area contributed by atoms with Crippen molar-refractivity contribution in [3.63, 3.8) is 0 Å². The number of hydrogen-bond donors (Lipinski definition) is 0. The average Bonchev–Trinajstić information content (AvgIpc) is 2.77. The van der Waals surface area contributed by atoms with Crippen LogP contribution >= 0.6 is 0 Å². The van der Waals surface area contributed by atoms with Gasteiger partial charge in [-0.25, -0.2) is 0 Å². The van der Waals surface area contributed by atoms with Crippen molar-refractivity contribution in [2.45, 2.75) is 142 Å². The second-order valence-electron chi connectivity index (χ2n) is 12.9. The third-order valence-corrected chi connectivity index (χ3v) is 23.5. The van der Waals surface area contributed by atoms with Gasteiger partial charge in [-0.15, -0.1) is 0 Å². The molecule has 3 nitrogen and oxygen atoms in total. The fourth-order valence-corrected chi connectivity index (χ4v) is 17.6. The third-order valence-electron chi connectivity index (χ3n) is 9.75. The number of benzene rings is 1. The smallest absolute Gasteiger partial charge is 0.230 e. The van der Waals surface area contributed by atoms with Crippen molar-refractivity contribution >= 4 is 39.7 Å². The molecule has 7 heteroatoms. The summed E-state index contributed by atoms with van der Waals surface area (Å²) in [5.41, 5.74) is -0.333. The SMILES string of the molecule is CCC(C)(O[Si](C)(c1ccccc1)C(C)(CC)C(C)(CC)O[Si](C)(C)C(C)(C)O[SiH](C)C)[SiH](C)C. The fourth-order valence-electron chi connectivity index (χ4n) is 5.52. The van der Waals surface area contributed by atoms with E-state index in [1.54, 1.807) is 0 Å². The summed E-state index contributed by atoms with van der Waals surface area (Å²) in [6.45, 7) is 35.3. The van der Waals surface area contributed by atoms with E-state index in [4.69, 9.17) is 13.3 Å². The highest BCUT2D eigenvalue weighted by Crippen LogP contribution is 2.56. The van der Waals surface area contributed by atoms with Gasteiger partial charge in [0.15, 0.2) is 9.04 Å². The van der Waals surface area contributed by atoms with Gasteiger partial charge in [0.1, 0.15) is 0 Å². The zero-order chi connectivity index (χ0) is 27.5. The Morgan fingerprint density at radius 2 is 1.26 bits per heavy atom. The van der Waals surface area contributed by atoms with Crippen molar-refractivity contribution in [3.8, 4) is 0 Å². The molecule has 4 atom stereocenters. The van der Waals surface area contributed by atoms with Gasteiger partial charge in [-0.2, -0.15) is 0 Å². The molecule has 0 bridgehead atoms. The molecule has 0 amide bonds. The van der Waals surface area contributed by atoms with Crippen molar-refractivity contribution in [1.82, 2.24) is 0 Å². The molecule has 0 spiro atoms. The van der Waals surface area contributed by atoms with E-state index in [0.717, 1.165) is 19.3 Å². The van der Waals surface area contributed by atoms with Gasteiger partial charge < -0.3 is 13.3 Å². The summed E-state index contributed by atoms with van der Waals surface area (Å²) in [5, 5.41) is 0.949. The lowest BCUT2D eigenvalue weighted by atomic mass is 9.85. The first kappa shape index (κ1) is 33.0. The molecule has 0 saturated carbocycles. The van der Waals surface area contributed by atoms with Crippen LogP contribution in [0.4, 0.5) is 0 Å². The highest BCUT2D eigenvalue weighted by Gasteiger charge is 2.62. The first-order valence-electron chi connectivity index (χ1n) is 13.9. The predicted octanol–water partition coefficient (Wildman–Crippen LogP) is 7.56. The fraction of sp³-hybridized carbons (Fsp3) is 0.786.